The van der Waals surface area contributed by atoms with Gasteiger partial charge in [-0.25, -0.2) is 0 Å². The smallest absolute Gasteiger partial charge is 0.245 e. The Balaban J connectivity index is 0.000000183. The summed E-state index contributed by atoms with van der Waals surface area (Å²) in [6, 6.07) is 63.8. The van der Waals surface area contributed by atoms with Gasteiger partial charge >= 0.3 is 0 Å². The monoisotopic (exact) mass is 1740 g/mol. The Morgan fingerprint density at radius 2 is 0.537 bits per heavy atom. The van der Waals surface area contributed by atoms with E-state index < -0.39 is 0 Å². The minimum absolute atomic E-state index is 0.181. The Hall–Kier alpha value is -12.9. The molecule has 630 valence electrons. The zero-order valence-corrected chi connectivity index (χ0v) is 72.8. The van der Waals surface area contributed by atoms with Crippen LogP contribution >= 0.6 is 58.0 Å². The number of nitrogens with zero attached hydrogens (tertiary/aromatic N) is 8. The first-order chi connectivity index (χ1) is 58.2. The van der Waals surface area contributed by atoms with Gasteiger partial charge in [-0.3, -0.25) is 19.2 Å². The fraction of sp³-hybridized carbons (Fsp3) is 0.209. The lowest BCUT2D eigenvalue weighted by molar-refractivity contribution is -0.117. The molecular formula is C91H89Cl5N8O17. The lowest BCUT2D eigenvalue weighted by atomic mass is 10.1. The maximum Gasteiger partial charge on any atom is 0.245 e. The lowest BCUT2D eigenvalue weighted by Crippen LogP contribution is -2.28. The number of aryl methyl sites for hydroxylation is 1. The van der Waals surface area contributed by atoms with E-state index in [-0.39, 0.29) is 93.9 Å². The number of hydrogen-bond acceptors (Lipinski definition) is 21. The summed E-state index contributed by atoms with van der Waals surface area (Å²) in [6.07, 6.45) is 0. The Morgan fingerprint density at radius 1 is 0.273 bits per heavy atom. The van der Waals surface area contributed by atoms with E-state index in [0.717, 1.165) is 33.4 Å². The third kappa shape index (κ3) is 25.6. The van der Waals surface area contributed by atoms with Gasteiger partial charge in [0.25, 0.3) is 0 Å². The molecule has 0 spiro atoms. The number of anilines is 4. The van der Waals surface area contributed by atoms with Crippen LogP contribution in [0, 0.1) is 13.8 Å². The van der Waals surface area contributed by atoms with E-state index in [9.17, 15) is 19.2 Å². The number of halogens is 5. The molecule has 0 aliphatic heterocycles. The van der Waals surface area contributed by atoms with Crippen LogP contribution in [0.1, 0.15) is 61.1 Å². The molecule has 0 saturated heterocycles. The molecule has 4 aromatic heterocycles. The van der Waals surface area contributed by atoms with Gasteiger partial charge < -0.3 is 81.2 Å². The van der Waals surface area contributed by atoms with Crippen molar-refractivity contribution in [2.24, 2.45) is 0 Å². The number of para-hydroxylation sites is 1. The molecule has 0 bridgehead atoms. The van der Waals surface area contributed by atoms with Gasteiger partial charge in [-0.1, -0.05) is 88.3 Å². The molecule has 12 aromatic rings. The molecule has 4 amide bonds. The summed E-state index contributed by atoms with van der Waals surface area (Å²) in [4.78, 5) is 73.7. The summed E-state index contributed by atoms with van der Waals surface area (Å²) in [7, 11) is 14.2. The molecule has 12 rings (SSSR count). The molecule has 25 nitrogen and oxygen atoms in total. The van der Waals surface area contributed by atoms with Crippen molar-refractivity contribution in [3.63, 3.8) is 0 Å². The van der Waals surface area contributed by atoms with Crippen LogP contribution in [0.5, 0.6) is 98.3 Å². The molecule has 8 aromatic carbocycles. The molecule has 0 N–H and O–H groups in total. The van der Waals surface area contributed by atoms with Crippen LogP contribution < -0.4 is 81.2 Å². The summed E-state index contributed by atoms with van der Waals surface area (Å²) >= 11 is 30.4. The predicted molar refractivity (Wildman–Crippen MR) is 470 cm³/mol. The molecule has 0 unspecified atom stereocenters. The largest absolute Gasteiger partial charge is 0.497 e. The second-order valence-corrected chi connectivity index (χ2v) is 28.0. The van der Waals surface area contributed by atoms with Gasteiger partial charge in [0, 0.05) is 55.0 Å². The number of aromatic nitrogens is 4. The first-order valence-electron chi connectivity index (χ1n) is 37.1. The zero-order chi connectivity index (χ0) is 87.4. The Labute approximate surface area is 727 Å². The Morgan fingerprint density at radius 3 is 0.818 bits per heavy atom. The number of benzene rings is 8. The van der Waals surface area contributed by atoms with Gasteiger partial charge in [0.05, 0.1) is 90.2 Å². The normalized spacial score (nSPS) is 10.4. The zero-order valence-electron chi connectivity index (χ0n) is 69.0. The highest BCUT2D eigenvalue weighted by atomic mass is 35.5. The summed E-state index contributed by atoms with van der Waals surface area (Å²) in [6.45, 7) is 10.8. The fourth-order valence-electron chi connectivity index (χ4n) is 11.8. The molecule has 0 fully saturated rings. The molecule has 0 saturated carbocycles. The van der Waals surface area contributed by atoms with Crippen LogP contribution in [-0.4, -0.2) is 108 Å². The minimum atomic E-state index is -0.204. The molecule has 121 heavy (non-hydrogen) atoms. The number of carbonyl (C=O) groups excluding carboxylic acids is 4. The van der Waals surface area contributed by atoms with E-state index >= 15 is 0 Å². The standard InChI is InChI=1S/C24H25ClN2O4.C23H23ClN2O5.C22H20Cl2N2O4.C22H21ClN2O4/c1-15-7-6-8-21(16(15)2)31-24-20(10-12-23(25)26-24)27(17(3)28)14-18-13-19(29-4)9-11-22(18)30-5;1-15(27)26(14-16-13-19(29-3)9-11-21(16)30-4)20-10-12-22(24)25-23(20)31-18-7-5-17(28-2)6-8-18;1-14(27)26(13-15-12-18(28-2)8-10-20(15)29-3)19-9-11-21(24)25-22(19)30-17-6-4-16(23)5-7-17;1-15(26)25(14-16-13-18(27-2)9-11-20(16)28-3)19-10-12-21(23)24-22(19)29-17-7-5-4-6-8-17/h6-13H,14H2,1-5H3;5-13H,14H2,1-4H3;4-12H,13H2,1-3H3;4-13H,14H2,1-3H3. The van der Waals surface area contributed by atoms with E-state index in [2.05, 4.69) is 19.9 Å². The van der Waals surface area contributed by atoms with E-state index in [1.807, 2.05) is 74.5 Å². The highest BCUT2D eigenvalue weighted by Crippen LogP contribution is 2.42. The number of hydrogen-bond donors (Lipinski definition) is 0. The van der Waals surface area contributed by atoms with Gasteiger partial charge in [-0.15, -0.1) is 0 Å². The summed E-state index contributed by atoms with van der Waals surface area (Å²) in [5.41, 5.74) is 7.10. The predicted octanol–water partition coefficient (Wildman–Crippen LogP) is 21.7. The van der Waals surface area contributed by atoms with E-state index in [0.29, 0.717) is 103 Å². The molecule has 4 heterocycles. The number of methoxy groups -OCH3 is 9. The van der Waals surface area contributed by atoms with Gasteiger partial charge in [0.15, 0.2) is 0 Å². The average molecular weight is 1740 g/mol. The number of rotatable bonds is 29. The summed E-state index contributed by atoms with van der Waals surface area (Å²) < 4.78 is 72.2. The van der Waals surface area contributed by atoms with Crippen LogP contribution in [0.2, 0.25) is 25.6 Å². The summed E-state index contributed by atoms with van der Waals surface area (Å²) in [5.74, 6) is 8.28. The van der Waals surface area contributed by atoms with Crippen LogP contribution in [0.25, 0.3) is 0 Å². The number of pyridine rings is 4. The number of amides is 4. The average Bonchev–Trinajstić information content (AvgIpc) is 0.816. The van der Waals surface area contributed by atoms with Crippen molar-refractivity contribution in [2.45, 2.75) is 67.7 Å². The highest BCUT2D eigenvalue weighted by Gasteiger charge is 2.27. The van der Waals surface area contributed by atoms with Crippen molar-refractivity contribution < 1.29 is 80.8 Å². The third-order valence-electron chi connectivity index (χ3n) is 18.2. The van der Waals surface area contributed by atoms with Crippen molar-refractivity contribution in [1.29, 1.82) is 0 Å². The molecule has 30 heteroatoms. The molecule has 0 atom stereocenters. The SMILES string of the molecule is COc1ccc(OC)c(CN(C(C)=O)c2ccc(Cl)nc2Oc2ccc(Cl)cc2)c1.COc1ccc(OC)c(CN(C(C)=O)c2ccc(Cl)nc2Oc2cccc(C)c2C)c1.COc1ccc(OC)c(CN(C(C)=O)c2ccc(Cl)nc2Oc2ccccc2)c1.COc1ccc(Oc2nc(Cl)ccc2N(Cc2cc(OC)ccc2OC)C(C)=O)cc1. The van der Waals surface area contributed by atoms with Crippen LogP contribution in [0.3, 0.4) is 0 Å². The van der Waals surface area contributed by atoms with E-state index in [1.165, 1.54) is 32.6 Å². The lowest BCUT2D eigenvalue weighted by Gasteiger charge is -2.24. The first kappa shape index (κ1) is 92.0. The number of ether oxygens (including phenoxy) is 13. The minimum Gasteiger partial charge on any atom is -0.497 e. The van der Waals surface area contributed by atoms with Gasteiger partial charge in [-0.05, 0) is 213 Å². The van der Waals surface area contributed by atoms with Crippen molar-refractivity contribution >= 4 is 104 Å². The highest BCUT2D eigenvalue weighted by molar-refractivity contribution is 6.31. The maximum atomic E-state index is 12.7. The quantitative estimate of drug-likeness (QED) is 0.0395. The van der Waals surface area contributed by atoms with Gasteiger partial charge in [0.2, 0.25) is 47.1 Å². The maximum absolute atomic E-state index is 12.7. The van der Waals surface area contributed by atoms with Crippen molar-refractivity contribution in [3.05, 3.63) is 277 Å². The molecule has 0 aliphatic rings. The number of carbonyl (C=O) groups is 4. The first-order valence-corrected chi connectivity index (χ1v) is 38.9. The Kier molecular flexibility index (Phi) is 34.0. The fourth-order valence-corrected chi connectivity index (χ4v) is 12.5. The van der Waals surface area contributed by atoms with Crippen LogP contribution in [0.15, 0.2) is 218 Å². The van der Waals surface area contributed by atoms with E-state index in [4.69, 9.17) is 120 Å². The van der Waals surface area contributed by atoms with Crippen LogP contribution in [-0.2, 0) is 45.4 Å². The third-order valence-corrected chi connectivity index (χ3v) is 19.3. The second kappa shape index (κ2) is 44.8. The van der Waals surface area contributed by atoms with Crippen molar-refractivity contribution in [2.75, 3.05) is 83.6 Å². The second-order valence-electron chi connectivity index (χ2n) is 26.0. The summed E-state index contributed by atoms with van der Waals surface area (Å²) in [5, 5.41) is 1.60. The van der Waals surface area contributed by atoms with Crippen molar-refractivity contribution in [3.8, 4) is 98.3 Å². The topological polar surface area (TPSA) is 253 Å². The Bertz CT molecular complexity index is 5550. The molecule has 0 aliphatic carbocycles. The molecule has 0 radical (unpaired) electrons. The van der Waals surface area contributed by atoms with Gasteiger partial charge in [-0.2, -0.15) is 19.9 Å². The molecular weight excluding hydrogens is 1650 g/mol. The van der Waals surface area contributed by atoms with Crippen LogP contribution in [0.4, 0.5) is 22.7 Å². The van der Waals surface area contributed by atoms with Crippen molar-refractivity contribution in [1.82, 2.24) is 19.9 Å². The van der Waals surface area contributed by atoms with E-state index in [1.54, 1.807) is 236 Å². The van der Waals surface area contributed by atoms with Gasteiger partial charge in [0.1, 0.15) is 118 Å².